The highest BCUT2D eigenvalue weighted by Crippen LogP contribution is 2.45. The molecular formula is C16H25ClN2OS2. The van der Waals surface area contributed by atoms with E-state index in [1.54, 1.807) is 0 Å². The van der Waals surface area contributed by atoms with E-state index < -0.39 is 0 Å². The third-order valence-corrected chi connectivity index (χ3v) is 7.27. The van der Waals surface area contributed by atoms with Gasteiger partial charge in [-0.05, 0) is 30.5 Å². The van der Waals surface area contributed by atoms with Gasteiger partial charge in [0.1, 0.15) is 0 Å². The number of nitrogens with two attached hydrogens (primary N) is 1. The molecule has 1 aromatic rings. The van der Waals surface area contributed by atoms with E-state index in [4.69, 9.17) is 5.73 Å². The van der Waals surface area contributed by atoms with Crippen molar-refractivity contribution in [2.24, 2.45) is 11.7 Å². The van der Waals surface area contributed by atoms with Gasteiger partial charge in [-0.1, -0.05) is 26.0 Å². The summed E-state index contributed by atoms with van der Waals surface area (Å²) in [6.07, 6.45) is 0. The molecule has 1 amide bonds. The van der Waals surface area contributed by atoms with Crippen LogP contribution in [0.3, 0.4) is 0 Å². The first-order chi connectivity index (χ1) is 9.96. The molecule has 1 aliphatic rings. The van der Waals surface area contributed by atoms with E-state index in [9.17, 15) is 4.79 Å². The molecule has 1 atom stereocenters. The molecule has 0 spiro atoms. The molecule has 0 bridgehead atoms. The van der Waals surface area contributed by atoms with E-state index in [0.29, 0.717) is 16.7 Å². The molecule has 6 heteroatoms. The molecule has 0 aromatic heterocycles. The predicted octanol–water partition coefficient (Wildman–Crippen LogP) is 3.69. The summed E-state index contributed by atoms with van der Waals surface area (Å²) >= 11 is 3.95. The van der Waals surface area contributed by atoms with Gasteiger partial charge in [0.2, 0.25) is 0 Å². The van der Waals surface area contributed by atoms with E-state index in [2.05, 4.69) is 31.3 Å². The maximum atomic E-state index is 12.4. The van der Waals surface area contributed by atoms with Crippen molar-refractivity contribution >= 4 is 41.8 Å². The molecule has 0 aliphatic carbocycles. The minimum absolute atomic E-state index is 0. The topological polar surface area (TPSA) is 55.1 Å². The van der Waals surface area contributed by atoms with Gasteiger partial charge in [0.25, 0.3) is 5.91 Å². The highest BCUT2D eigenvalue weighted by molar-refractivity contribution is 8.19. The summed E-state index contributed by atoms with van der Waals surface area (Å²) < 4.78 is 0.520. The second-order valence-corrected chi connectivity index (χ2v) is 8.65. The summed E-state index contributed by atoms with van der Waals surface area (Å²) in [5.41, 5.74) is 7.45. The van der Waals surface area contributed by atoms with E-state index in [0.717, 1.165) is 0 Å². The fraction of sp³-hybridized carbons (Fsp3) is 0.562. The van der Waals surface area contributed by atoms with Gasteiger partial charge in [0.05, 0.1) is 10.1 Å². The molecular weight excluding hydrogens is 336 g/mol. The fourth-order valence-corrected chi connectivity index (χ4v) is 4.96. The van der Waals surface area contributed by atoms with Gasteiger partial charge in [-0.25, -0.2) is 0 Å². The lowest BCUT2D eigenvalue weighted by Crippen LogP contribution is -2.55. The number of nitrogens with one attached hydrogen (secondary N) is 1. The maximum Gasteiger partial charge on any atom is 0.251 e. The standard InChI is InChI=1S/C16H24N2OS2.ClH/c1-11(2)16(3,10-17)18-14(19)12-4-6-13(7-5-12)15-20-8-9-21-15;/h4-7,11,15H,8-10,17H2,1-3H3,(H,18,19);1H. The van der Waals surface area contributed by atoms with Gasteiger partial charge in [-0.3, -0.25) is 4.79 Å². The Kier molecular flexibility index (Phi) is 7.59. The van der Waals surface area contributed by atoms with Gasteiger partial charge in [0.15, 0.2) is 0 Å². The van der Waals surface area contributed by atoms with Crippen LogP contribution >= 0.6 is 35.9 Å². The Morgan fingerprint density at radius 2 is 1.86 bits per heavy atom. The fourth-order valence-electron chi connectivity index (χ4n) is 2.11. The lowest BCUT2D eigenvalue weighted by molar-refractivity contribution is 0.0883. The van der Waals surface area contributed by atoms with Crippen LogP contribution in [-0.2, 0) is 0 Å². The van der Waals surface area contributed by atoms with Crippen LogP contribution in [0.15, 0.2) is 24.3 Å². The minimum atomic E-state index is -0.368. The summed E-state index contributed by atoms with van der Waals surface area (Å²) in [5.74, 6) is 2.66. The second-order valence-electron chi connectivity index (χ2n) is 5.93. The number of amides is 1. The van der Waals surface area contributed by atoms with Crippen LogP contribution in [0.5, 0.6) is 0 Å². The van der Waals surface area contributed by atoms with Crippen molar-refractivity contribution in [1.29, 1.82) is 0 Å². The molecule has 1 saturated heterocycles. The van der Waals surface area contributed by atoms with Gasteiger partial charge in [-0.15, -0.1) is 35.9 Å². The summed E-state index contributed by atoms with van der Waals surface area (Å²) in [5, 5.41) is 3.07. The average Bonchev–Trinajstić information content (AvgIpc) is 3.01. The number of hydrogen-bond donors (Lipinski definition) is 2. The third kappa shape index (κ3) is 4.57. The quantitative estimate of drug-likeness (QED) is 0.840. The van der Waals surface area contributed by atoms with E-state index >= 15 is 0 Å². The molecule has 0 saturated carbocycles. The molecule has 22 heavy (non-hydrogen) atoms. The molecule has 3 N–H and O–H groups in total. The highest BCUT2D eigenvalue weighted by atomic mass is 35.5. The van der Waals surface area contributed by atoms with Crippen LogP contribution in [0.1, 0.15) is 41.3 Å². The first kappa shape index (κ1) is 19.7. The summed E-state index contributed by atoms with van der Waals surface area (Å²) in [6.45, 7) is 6.58. The van der Waals surface area contributed by atoms with Crippen molar-refractivity contribution in [3.8, 4) is 0 Å². The highest BCUT2D eigenvalue weighted by Gasteiger charge is 2.29. The zero-order valence-electron chi connectivity index (χ0n) is 13.3. The van der Waals surface area contributed by atoms with Crippen molar-refractivity contribution in [1.82, 2.24) is 5.32 Å². The van der Waals surface area contributed by atoms with Crippen LogP contribution in [0.25, 0.3) is 0 Å². The summed E-state index contributed by atoms with van der Waals surface area (Å²) in [6, 6.07) is 7.98. The lowest BCUT2D eigenvalue weighted by Gasteiger charge is -2.33. The minimum Gasteiger partial charge on any atom is -0.345 e. The van der Waals surface area contributed by atoms with Gasteiger partial charge >= 0.3 is 0 Å². The Morgan fingerprint density at radius 1 is 1.32 bits per heavy atom. The number of benzene rings is 1. The smallest absolute Gasteiger partial charge is 0.251 e. The molecule has 124 valence electrons. The van der Waals surface area contributed by atoms with Crippen molar-refractivity contribution < 1.29 is 4.79 Å². The zero-order chi connectivity index (χ0) is 15.5. The molecule has 3 nitrogen and oxygen atoms in total. The van der Waals surface area contributed by atoms with Gasteiger partial charge < -0.3 is 11.1 Å². The van der Waals surface area contributed by atoms with Crippen LogP contribution in [0.4, 0.5) is 0 Å². The monoisotopic (exact) mass is 360 g/mol. The Labute approximate surface area is 148 Å². The molecule has 1 heterocycles. The van der Waals surface area contributed by atoms with Crippen LogP contribution in [-0.4, -0.2) is 29.5 Å². The number of halogens is 1. The largest absolute Gasteiger partial charge is 0.345 e. The Hall–Kier alpha value is -0.360. The predicted molar refractivity (Wildman–Crippen MR) is 101 cm³/mol. The summed E-state index contributed by atoms with van der Waals surface area (Å²) in [7, 11) is 0. The van der Waals surface area contributed by atoms with Crippen LogP contribution < -0.4 is 11.1 Å². The lowest BCUT2D eigenvalue weighted by atomic mass is 9.88. The molecule has 0 radical (unpaired) electrons. The van der Waals surface area contributed by atoms with Crippen molar-refractivity contribution in [3.63, 3.8) is 0 Å². The first-order valence-corrected chi connectivity index (χ1v) is 9.42. The normalized spacial score (nSPS) is 17.9. The van der Waals surface area contributed by atoms with E-state index in [1.807, 2.05) is 42.6 Å². The second kappa shape index (κ2) is 8.48. The van der Waals surface area contributed by atoms with Crippen molar-refractivity contribution in [2.45, 2.75) is 30.9 Å². The first-order valence-electron chi connectivity index (χ1n) is 7.32. The molecule has 2 rings (SSSR count). The average molecular weight is 361 g/mol. The number of carbonyl (C=O) groups is 1. The Bertz CT molecular complexity index is 489. The molecule has 1 aromatic carbocycles. The van der Waals surface area contributed by atoms with Gasteiger partial charge in [0, 0.05) is 23.6 Å². The molecule has 1 unspecified atom stereocenters. The van der Waals surface area contributed by atoms with Crippen LogP contribution in [0.2, 0.25) is 0 Å². The summed E-state index contributed by atoms with van der Waals surface area (Å²) in [4.78, 5) is 12.4. The SMILES string of the molecule is CC(C)C(C)(CN)NC(=O)c1ccc(C2SCCS2)cc1.Cl. The number of thioether (sulfide) groups is 2. The Morgan fingerprint density at radius 3 is 2.32 bits per heavy atom. The molecule has 1 aliphatic heterocycles. The Balaban J connectivity index is 0.00000242. The van der Waals surface area contributed by atoms with E-state index in [-0.39, 0.29) is 29.8 Å². The maximum absolute atomic E-state index is 12.4. The number of hydrogen-bond acceptors (Lipinski definition) is 4. The molecule has 1 fully saturated rings. The van der Waals surface area contributed by atoms with Crippen molar-refractivity contribution in [3.05, 3.63) is 35.4 Å². The van der Waals surface area contributed by atoms with Crippen molar-refractivity contribution in [2.75, 3.05) is 18.1 Å². The third-order valence-electron chi connectivity index (χ3n) is 4.16. The number of rotatable bonds is 5. The zero-order valence-corrected chi connectivity index (χ0v) is 15.7. The van der Waals surface area contributed by atoms with E-state index in [1.165, 1.54) is 17.1 Å². The van der Waals surface area contributed by atoms with Crippen LogP contribution in [0, 0.1) is 5.92 Å². The van der Waals surface area contributed by atoms with Gasteiger partial charge in [-0.2, -0.15) is 0 Å². The number of carbonyl (C=O) groups excluding carboxylic acids is 1.